The van der Waals surface area contributed by atoms with Crippen LogP contribution in [0.5, 0.6) is 5.75 Å². The van der Waals surface area contributed by atoms with Crippen molar-refractivity contribution in [3.05, 3.63) is 54.1 Å². The Labute approximate surface area is 189 Å². The van der Waals surface area contributed by atoms with E-state index in [-0.39, 0.29) is 23.2 Å². The molecule has 2 N–H and O–H groups in total. The molecule has 0 saturated carbocycles. The maximum atomic E-state index is 13.2. The first-order valence-corrected chi connectivity index (χ1v) is 11.2. The molecule has 0 bridgehead atoms. The summed E-state index contributed by atoms with van der Waals surface area (Å²) in [6.07, 6.45) is 0. The van der Waals surface area contributed by atoms with Crippen molar-refractivity contribution in [1.82, 2.24) is 9.62 Å². The van der Waals surface area contributed by atoms with Gasteiger partial charge < -0.3 is 14.8 Å². The SMILES string of the molecule is COc1ccc(S(=O)(=O)NC(CN2CCOCC2)c2ccccc2)cc1NC(C)=O.Cl. The molecule has 0 aromatic heterocycles. The van der Waals surface area contributed by atoms with Gasteiger partial charge in [0.15, 0.2) is 0 Å². The minimum Gasteiger partial charge on any atom is -0.495 e. The van der Waals surface area contributed by atoms with Gasteiger partial charge in [0.05, 0.1) is 36.9 Å². The van der Waals surface area contributed by atoms with E-state index in [1.165, 1.54) is 32.2 Å². The van der Waals surface area contributed by atoms with Crippen LogP contribution in [0.1, 0.15) is 18.5 Å². The standard InChI is InChI=1S/C21H27N3O5S.ClH/c1-16(25)22-19-14-18(8-9-21(19)28-2)30(26,27)23-20(17-6-4-3-5-7-17)15-24-10-12-29-13-11-24;/h3-9,14,20,23H,10-13,15H2,1-2H3,(H,22,25);1H. The highest BCUT2D eigenvalue weighted by Gasteiger charge is 2.25. The lowest BCUT2D eigenvalue weighted by molar-refractivity contribution is -0.114. The molecule has 1 fully saturated rings. The van der Waals surface area contributed by atoms with Crippen LogP contribution < -0.4 is 14.8 Å². The number of halogens is 1. The highest BCUT2D eigenvalue weighted by molar-refractivity contribution is 7.89. The third-order valence-electron chi connectivity index (χ3n) is 4.84. The van der Waals surface area contributed by atoms with Crippen molar-refractivity contribution in [1.29, 1.82) is 0 Å². The van der Waals surface area contributed by atoms with E-state index in [1.807, 2.05) is 30.3 Å². The number of rotatable bonds is 8. The zero-order valence-electron chi connectivity index (χ0n) is 17.5. The molecule has 3 rings (SSSR count). The van der Waals surface area contributed by atoms with Crippen LogP contribution in [0.4, 0.5) is 5.69 Å². The predicted molar refractivity (Wildman–Crippen MR) is 121 cm³/mol. The fourth-order valence-corrected chi connectivity index (χ4v) is 4.58. The fourth-order valence-electron chi connectivity index (χ4n) is 3.33. The van der Waals surface area contributed by atoms with E-state index >= 15 is 0 Å². The third kappa shape index (κ3) is 6.91. The van der Waals surface area contributed by atoms with E-state index in [0.717, 1.165) is 18.7 Å². The van der Waals surface area contributed by atoms with Crippen LogP contribution in [0, 0.1) is 0 Å². The maximum absolute atomic E-state index is 13.2. The molecule has 1 amide bonds. The second-order valence-corrected chi connectivity index (χ2v) is 8.75. The van der Waals surface area contributed by atoms with Gasteiger partial charge in [-0.05, 0) is 23.8 Å². The molecule has 0 radical (unpaired) electrons. The molecule has 1 saturated heterocycles. The number of hydrogen-bond donors (Lipinski definition) is 2. The summed E-state index contributed by atoms with van der Waals surface area (Å²) in [6.45, 7) is 4.65. The van der Waals surface area contributed by atoms with E-state index in [9.17, 15) is 13.2 Å². The highest BCUT2D eigenvalue weighted by Crippen LogP contribution is 2.28. The fraction of sp³-hybridized carbons (Fsp3) is 0.381. The smallest absolute Gasteiger partial charge is 0.241 e. The molecule has 0 spiro atoms. The van der Waals surface area contributed by atoms with Gasteiger partial charge in [0, 0.05) is 26.6 Å². The number of anilines is 1. The molecule has 1 aliphatic heterocycles. The lowest BCUT2D eigenvalue weighted by atomic mass is 10.1. The van der Waals surface area contributed by atoms with Crippen LogP contribution in [0.2, 0.25) is 0 Å². The Hall–Kier alpha value is -2.17. The van der Waals surface area contributed by atoms with E-state index < -0.39 is 16.1 Å². The number of morpholine rings is 1. The number of sulfonamides is 1. The minimum atomic E-state index is -3.86. The summed E-state index contributed by atoms with van der Waals surface area (Å²) in [6, 6.07) is 13.4. The number of nitrogens with one attached hydrogen (secondary N) is 2. The zero-order valence-corrected chi connectivity index (χ0v) is 19.2. The summed E-state index contributed by atoms with van der Waals surface area (Å²) >= 11 is 0. The number of nitrogens with zero attached hydrogens (tertiary/aromatic N) is 1. The lowest BCUT2D eigenvalue weighted by Crippen LogP contribution is -2.43. The number of methoxy groups -OCH3 is 1. The summed E-state index contributed by atoms with van der Waals surface area (Å²) < 4.78 is 39.8. The van der Waals surface area contributed by atoms with Crippen LogP contribution in [0.15, 0.2) is 53.4 Å². The molecule has 2 aromatic carbocycles. The second kappa shape index (κ2) is 11.4. The van der Waals surface area contributed by atoms with Crippen LogP contribution in [-0.4, -0.2) is 59.2 Å². The summed E-state index contributed by atoms with van der Waals surface area (Å²) in [7, 11) is -2.40. The number of amides is 1. The number of benzene rings is 2. The van der Waals surface area contributed by atoms with Crippen molar-refractivity contribution in [2.45, 2.75) is 17.9 Å². The Morgan fingerprint density at radius 3 is 2.45 bits per heavy atom. The summed E-state index contributed by atoms with van der Waals surface area (Å²) in [4.78, 5) is 13.7. The summed E-state index contributed by atoms with van der Waals surface area (Å²) in [5.74, 6) is 0.0716. The molecule has 2 aromatic rings. The van der Waals surface area contributed by atoms with Crippen molar-refractivity contribution in [2.24, 2.45) is 0 Å². The van der Waals surface area contributed by atoms with Gasteiger partial charge in [-0.2, -0.15) is 0 Å². The lowest BCUT2D eigenvalue weighted by Gasteiger charge is -2.31. The highest BCUT2D eigenvalue weighted by atomic mass is 35.5. The first-order valence-electron chi connectivity index (χ1n) is 9.72. The molecule has 1 unspecified atom stereocenters. The Morgan fingerprint density at radius 1 is 1.16 bits per heavy atom. The molecule has 31 heavy (non-hydrogen) atoms. The minimum absolute atomic E-state index is 0. The molecule has 170 valence electrons. The molecule has 1 aliphatic rings. The molecule has 0 aliphatic carbocycles. The Balaban J connectivity index is 0.00000341. The van der Waals surface area contributed by atoms with Gasteiger partial charge in [-0.3, -0.25) is 9.69 Å². The first-order chi connectivity index (χ1) is 14.4. The van der Waals surface area contributed by atoms with E-state index in [2.05, 4.69) is 14.9 Å². The molecular weight excluding hydrogens is 442 g/mol. The Kier molecular flexibility index (Phi) is 9.27. The average molecular weight is 470 g/mol. The quantitative estimate of drug-likeness (QED) is 0.616. The molecular formula is C21H28ClN3O5S. The van der Waals surface area contributed by atoms with Crippen molar-refractivity contribution in [3.8, 4) is 5.75 Å². The van der Waals surface area contributed by atoms with Gasteiger partial charge in [0.2, 0.25) is 15.9 Å². The van der Waals surface area contributed by atoms with E-state index in [4.69, 9.17) is 9.47 Å². The number of carbonyl (C=O) groups is 1. The second-order valence-electron chi connectivity index (χ2n) is 7.04. The molecule has 1 atom stereocenters. The Bertz CT molecular complexity index is 966. The van der Waals surface area contributed by atoms with E-state index in [1.54, 1.807) is 0 Å². The normalized spacial score (nSPS) is 15.5. The van der Waals surface area contributed by atoms with Gasteiger partial charge in [0.25, 0.3) is 0 Å². The van der Waals surface area contributed by atoms with Crippen LogP contribution in [0.3, 0.4) is 0 Å². The van der Waals surface area contributed by atoms with Crippen molar-refractivity contribution < 1.29 is 22.7 Å². The van der Waals surface area contributed by atoms with Crippen LogP contribution in [-0.2, 0) is 19.6 Å². The van der Waals surface area contributed by atoms with Crippen LogP contribution in [0.25, 0.3) is 0 Å². The molecule has 8 nitrogen and oxygen atoms in total. The zero-order chi connectivity index (χ0) is 21.6. The number of ether oxygens (including phenoxy) is 2. The van der Waals surface area contributed by atoms with Gasteiger partial charge in [-0.1, -0.05) is 30.3 Å². The first kappa shape index (κ1) is 25.1. The molecule has 10 heteroatoms. The largest absolute Gasteiger partial charge is 0.495 e. The van der Waals surface area contributed by atoms with E-state index in [0.29, 0.717) is 31.2 Å². The monoisotopic (exact) mass is 469 g/mol. The van der Waals surface area contributed by atoms with Crippen molar-refractivity contribution >= 4 is 34.0 Å². The summed E-state index contributed by atoms with van der Waals surface area (Å²) in [5.41, 5.74) is 1.18. The van der Waals surface area contributed by atoms with Crippen LogP contribution >= 0.6 is 12.4 Å². The Morgan fingerprint density at radius 2 is 1.84 bits per heavy atom. The number of carbonyl (C=O) groups excluding carboxylic acids is 1. The summed E-state index contributed by atoms with van der Waals surface area (Å²) in [5, 5.41) is 2.61. The maximum Gasteiger partial charge on any atom is 0.241 e. The third-order valence-corrected chi connectivity index (χ3v) is 6.31. The van der Waals surface area contributed by atoms with Crippen molar-refractivity contribution in [3.63, 3.8) is 0 Å². The predicted octanol–water partition coefficient (Wildman–Crippen LogP) is 2.43. The number of hydrogen-bond acceptors (Lipinski definition) is 6. The van der Waals surface area contributed by atoms with Crippen molar-refractivity contribution in [2.75, 3.05) is 45.3 Å². The average Bonchev–Trinajstić information content (AvgIpc) is 2.74. The molecule has 1 heterocycles. The van der Waals surface area contributed by atoms with Gasteiger partial charge in [-0.25, -0.2) is 13.1 Å². The topological polar surface area (TPSA) is 97.0 Å². The van der Waals surface area contributed by atoms with Gasteiger partial charge >= 0.3 is 0 Å². The van der Waals surface area contributed by atoms with Gasteiger partial charge in [-0.15, -0.1) is 12.4 Å². The van der Waals surface area contributed by atoms with Gasteiger partial charge in [0.1, 0.15) is 5.75 Å².